The van der Waals surface area contributed by atoms with Crippen molar-refractivity contribution in [3.63, 3.8) is 0 Å². The molecule has 0 unspecified atom stereocenters. The predicted octanol–water partition coefficient (Wildman–Crippen LogP) is 3.51. The van der Waals surface area contributed by atoms with Gasteiger partial charge in [0.25, 0.3) is 0 Å². The molecule has 2 rings (SSSR count). The van der Waals surface area contributed by atoms with Crippen molar-refractivity contribution in [2.45, 2.75) is 6.61 Å². The summed E-state index contributed by atoms with van der Waals surface area (Å²) >= 11 is 11.6. The Kier molecular flexibility index (Phi) is 5.12. The van der Waals surface area contributed by atoms with Gasteiger partial charge >= 0.3 is 0 Å². The summed E-state index contributed by atoms with van der Waals surface area (Å²) in [5, 5.41) is 0.133. The number of carbonyl (C=O) groups excluding carboxylic acids is 1. The Labute approximate surface area is 130 Å². The average molecular weight is 329 g/mol. The Morgan fingerprint density at radius 2 is 1.95 bits per heavy atom. The molecule has 1 aromatic heterocycles. The molecular formula is C14H11Cl2FN2O2. The summed E-state index contributed by atoms with van der Waals surface area (Å²) in [6, 6.07) is 7.14. The van der Waals surface area contributed by atoms with Gasteiger partial charge in [-0.1, -0.05) is 35.3 Å². The molecule has 21 heavy (non-hydrogen) atoms. The summed E-state index contributed by atoms with van der Waals surface area (Å²) in [6.45, 7) is -0.0659. The molecule has 1 aromatic carbocycles. The van der Waals surface area contributed by atoms with Crippen molar-refractivity contribution in [3.8, 4) is 0 Å². The van der Waals surface area contributed by atoms with Gasteiger partial charge in [0.15, 0.2) is 0 Å². The molecule has 2 N–H and O–H groups in total. The zero-order valence-corrected chi connectivity index (χ0v) is 12.3. The number of nitrogen functional groups attached to an aromatic ring is 1. The van der Waals surface area contributed by atoms with Crippen molar-refractivity contribution in [2.24, 2.45) is 0 Å². The number of anilines is 1. The quantitative estimate of drug-likeness (QED) is 0.673. The molecule has 0 spiro atoms. The number of carbonyl (C=O) groups is 1. The van der Waals surface area contributed by atoms with Crippen molar-refractivity contribution < 1.29 is 13.9 Å². The Hall–Kier alpha value is -1.69. The second kappa shape index (κ2) is 6.85. The van der Waals surface area contributed by atoms with E-state index in [1.807, 2.05) is 0 Å². The van der Waals surface area contributed by atoms with E-state index in [2.05, 4.69) is 4.98 Å². The molecule has 0 saturated carbocycles. The number of nitrogens with two attached hydrogens (primary N) is 1. The predicted molar refractivity (Wildman–Crippen MR) is 79.1 cm³/mol. The van der Waals surface area contributed by atoms with Gasteiger partial charge in [-0.05, 0) is 23.8 Å². The fraction of sp³-hybridized carbons (Fsp3) is 0.143. The molecule has 0 bridgehead atoms. The topological polar surface area (TPSA) is 65.2 Å². The van der Waals surface area contributed by atoms with Crippen LogP contribution >= 0.6 is 23.2 Å². The molecule has 0 radical (unpaired) electrons. The summed E-state index contributed by atoms with van der Waals surface area (Å²) < 4.78 is 18.0. The van der Waals surface area contributed by atoms with Gasteiger partial charge in [0.1, 0.15) is 23.3 Å². The highest BCUT2D eigenvalue weighted by Crippen LogP contribution is 2.25. The van der Waals surface area contributed by atoms with E-state index in [-0.39, 0.29) is 40.6 Å². The number of rotatable bonds is 5. The molecule has 4 nitrogen and oxygen atoms in total. The largest absolute Gasteiger partial charge is 0.397 e. The van der Waals surface area contributed by atoms with Crippen LogP contribution < -0.4 is 5.73 Å². The number of Topliss-reactive ketones (excluding diaryl/α,β-unsaturated/α-hetero) is 1. The zero-order valence-electron chi connectivity index (χ0n) is 10.8. The van der Waals surface area contributed by atoms with E-state index in [1.54, 1.807) is 12.1 Å². The Morgan fingerprint density at radius 3 is 2.62 bits per heavy atom. The van der Waals surface area contributed by atoms with Crippen LogP contribution in [0.25, 0.3) is 0 Å². The summed E-state index contributed by atoms with van der Waals surface area (Å²) in [4.78, 5) is 15.8. The second-order valence-corrected chi connectivity index (χ2v) is 5.00. The summed E-state index contributed by atoms with van der Waals surface area (Å²) in [7, 11) is 0. The number of aromatic nitrogens is 1. The minimum absolute atomic E-state index is 0.0271. The average Bonchev–Trinajstić information content (AvgIpc) is 2.44. The number of nitrogens with zero attached hydrogens (tertiary/aromatic N) is 1. The minimum atomic E-state index is -0.434. The monoisotopic (exact) mass is 328 g/mol. The van der Waals surface area contributed by atoms with Crippen LogP contribution in [0.5, 0.6) is 0 Å². The van der Waals surface area contributed by atoms with Gasteiger partial charge in [-0.25, -0.2) is 9.37 Å². The Morgan fingerprint density at radius 1 is 1.29 bits per heavy atom. The van der Waals surface area contributed by atoms with Crippen LogP contribution in [0.15, 0.2) is 30.3 Å². The van der Waals surface area contributed by atoms with Gasteiger partial charge in [-0.2, -0.15) is 0 Å². The Bertz CT molecular complexity index is 663. The van der Waals surface area contributed by atoms with Crippen molar-refractivity contribution in [2.75, 3.05) is 12.3 Å². The lowest BCUT2D eigenvalue weighted by Crippen LogP contribution is -2.12. The van der Waals surface area contributed by atoms with Crippen LogP contribution in [0, 0.1) is 5.82 Å². The first-order valence-electron chi connectivity index (χ1n) is 5.94. The van der Waals surface area contributed by atoms with E-state index >= 15 is 0 Å². The standard InChI is InChI=1S/C14H11Cl2FN2O2/c15-12-5-10(18)13(16)14(19-12)11(20)7-21-6-8-1-3-9(17)4-2-8/h1-5H,6-7H2,(H2,18,19). The number of ketones is 1. The molecule has 0 amide bonds. The fourth-order valence-corrected chi connectivity index (χ4v) is 2.02. The van der Waals surface area contributed by atoms with Gasteiger partial charge in [0.2, 0.25) is 5.78 Å². The van der Waals surface area contributed by atoms with Gasteiger partial charge in [0.05, 0.1) is 17.3 Å². The maximum atomic E-state index is 12.7. The maximum Gasteiger partial charge on any atom is 0.208 e. The summed E-state index contributed by atoms with van der Waals surface area (Å²) in [6.07, 6.45) is 0. The first kappa shape index (κ1) is 15.7. The van der Waals surface area contributed by atoms with Gasteiger partial charge in [-0.3, -0.25) is 4.79 Å². The van der Waals surface area contributed by atoms with Gasteiger partial charge < -0.3 is 10.5 Å². The van der Waals surface area contributed by atoms with Crippen LogP contribution in [0.3, 0.4) is 0 Å². The highest BCUT2D eigenvalue weighted by Gasteiger charge is 2.16. The summed E-state index contributed by atoms with van der Waals surface area (Å²) in [5.74, 6) is -0.767. The van der Waals surface area contributed by atoms with Crippen LogP contribution in [0.2, 0.25) is 10.2 Å². The number of hydrogen-bond donors (Lipinski definition) is 1. The normalized spacial score (nSPS) is 10.6. The number of hydrogen-bond acceptors (Lipinski definition) is 4. The zero-order chi connectivity index (χ0) is 15.4. The Balaban J connectivity index is 1.97. The highest BCUT2D eigenvalue weighted by molar-refractivity contribution is 6.37. The first-order valence-corrected chi connectivity index (χ1v) is 6.70. The molecule has 1 heterocycles. The molecule has 110 valence electrons. The van der Waals surface area contributed by atoms with Crippen molar-refractivity contribution in [1.82, 2.24) is 4.98 Å². The first-order chi connectivity index (χ1) is 9.97. The smallest absolute Gasteiger partial charge is 0.208 e. The number of pyridine rings is 1. The lowest BCUT2D eigenvalue weighted by molar-refractivity contribution is 0.0722. The SMILES string of the molecule is Nc1cc(Cl)nc(C(=O)COCc2ccc(F)cc2)c1Cl. The number of ether oxygens (including phenoxy) is 1. The molecule has 0 aliphatic rings. The van der Waals surface area contributed by atoms with Crippen molar-refractivity contribution in [1.29, 1.82) is 0 Å². The second-order valence-electron chi connectivity index (χ2n) is 4.24. The van der Waals surface area contributed by atoms with E-state index in [9.17, 15) is 9.18 Å². The fourth-order valence-electron chi connectivity index (χ4n) is 1.61. The van der Waals surface area contributed by atoms with E-state index < -0.39 is 5.78 Å². The molecule has 7 heteroatoms. The van der Waals surface area contributed by atoms with E-state index in [4.69, 9.17) is 33.7 Å². The van der Waals surface area contributed by atoms with E-state index in [0.29, 0.717) is 0 Å². The number of benzene rings is 1. The van der Waals surface area contributed by atoms with Crippen molar-refractivity contribution >= 4 is 34.7 Å². The van der Waals surface area contributed by atoms with Crippen molar-refractivity contribution in [3.05, 3.63) is 57.6 Å². The lowest BCUT2D eigenvalue weighted by Gasteiger charge is -2.07. The molecule has 0 saturated heterocycles. The van der Waals surface area contributed by atoms with E-state index in [1.165, 1.54) is 18.2 Å². The maximum absolute atomic E-state index is 12.7. The number of halogens is 3. The van der Waals surface area contributed by atoms with Crippen LogP contribution in [-0.2, 0) is 11.3 Å². The molecule has 0 fully saturated rings. The molecule has 0 aliphatic carbocycles. The third-order valence-electron chi connectivity index (χ3n) is 2.63. The third kappa shape index (κ3) is 4.14. The van der Waals surface area contributed by atoms with Gasteiger partial charge in [-0.15, -0.1) is 0 Å². The highest BCUT2D eigenvalue weighted by atomic mass is 35.5. The summed E-state index contributed by atoms with van der Waals surface area (Å²) in [5.41, 5.74) is 6.50. The molecule has 2 aromatic rings. The third-order valence-corrected chi connectivity index (χ3v) is 3.22. The van der Waals surface area contributed by atoms with Crippen LogP contribution in [-0.4, -0.2) is 17.4 Å². The molecule has 0 aliphatic heterocycles. The molecule has 0 atom stereocenters. The van der Waals surface area contributed by atoms with Crippen LogP contribution in [0.4, 0.5) is 10.1 Å². The minimum Gasteiger partial charge on any atom is -0.397 e. The lowest BCUT2D eigenvalue weighted by atomic mass is 10.2. The van der Waals surface area contributed by atoms with Crippen LogP contribution in [0.1, 0.15) is 16.1 Å². The van der Waals surface area contributed by atoms with E-state index in [0.717, 1.165) is 5.56 Å². The van der Waals surface area contributed by atoms with Gasteiger partial charge in [0, 0.05) is 0 Å². The molecular weight excluding hydrogens is 318 g/mol.